The van der Waals surface area contributed by atoms with E-state index in [0.29, 0.717) is 6.54 Å². The van der Waals surface area contributed by atoms with Crippen molar-refractivity contribution in [3.05, 3.63) is 51.6 Å². The number of benzene rings is 1. The van der Waals surface area contributed by atoms with Crippen LogP contribution < -0.4 is 5.73 Å². The van der Waals surface area contributed by atoms with Crippen molar-refractivity contribution in [3.63, 3.8) is 0 Å². The van der Waals surface area contributed by atoms with E-state index in [9.17, 15) is 0 Å². The molecule has 1 aromatic carbocycles. The fourth-order valence-corrected chi connectivity index (χ4v) is 4.10. The van der Waals surface area contributed by atoms with Crippen LogP contribution in [0.15, 0.2) is 29.6 Å². The Morgan fingerprint density at radius 1 is 1.26 bits per heavy atom. The Morgan fingerprint density at radius 3 is 2.65 bits per heavy atom. The van der Waals surface area contributed by atoms with E-state index in [1.807, 2.05) is 0 Å². The standard InChI is InChI=1S/C19H25N3S/c1-12-15(14-7-5-6-8-16(14)21-12)9-13(10-20)18-22-17(11-23-18)19(2,3)4/h5-8,11,13,21H,9-10,20H2,1-4H3. The second-order valence-corrected chi connectivity index (χ2v) is 8.12. The van der Waals surface area contributed by atoms with Crippen LogP contribution in [0.25, 0.3) is 10.9 Å². The summed E-state index contributed by atoms with van der Waals surface area (Å²) in [6, 6.07) is 8.48. The molecule has 0 aliphatic rings. The molecule has 0 radical (unpaired) electrons. The van der Waals surface area contributed by atoms with E-state index in [2.05, 4.69) is 62.3 Å². The molecule has 3 nitrogen and oxygen atoms in total. The fraction of sp³-hybridized carbons (Fsp3) is 0.421. The van der Waals surface area contributed by atoms with E-state index >= 15 is 0 Å². The summed E-state index contributed by atoms with van der Waals surface area (Å²) in [5.74, 6) is 0.272. The maximum Gasteiger partial charge on any atom is 0.0975 e. The Hall–Kier alpha value is -1.65. The number of H-pyrrole nitrogens is 1. The highest BCUT2D eigenvalue weighted by atomic mass is 32.1. The van der Waals surface area contributed by atoms with E-state index in [1.165, 1.54) is 22.2 Å². The predicted octanol–water partition coefficient (Wildman–Crippen LogP) is 4.52. The van der Waals surface area contributed by atoms with Gasteiger partial charge in [0.05, 0.1) is 10.7 Å². The van der Waals surface area contributed by atoms with Crippen molar-refractivity contribution < 1.29 is 0 Å². The van der Waals surface area contributed by atoms with E-state index in [4.69, 9.17) is 10.7 Å². The van der Waals surface area contributed by atoms with Crippen LogP contribution in [0.4, 0.5) is 0 Å². The lowest BCUT2D eigenvalue weighted by molar-refractivity contribution is 0.566. The third-order valence-corrected chi connectivity index (χ3v) is 5.41. The smallest absolute Gasteiger partial charge is 0.0975 e. The average Bonchev–Trinajstić information content (AvgIpc) is 3.09. The summed E-state index contributed by atoms with van der Waals surface area (Å²) in [6.45, 7) is 9.37. The van der Waals surface area contributed by atoms with Crippen molar-refractivity contribution >= 4 is 22.2 Å². The van der Waals surface area contributed by atoms with Crippen molar-refractivity contribution in [3.8, 4) is 0 Å². The van der Waals surface area contributed by atoms with Crippen molar-refractivity contribution in [1.82, 2.24) is 9.97 Å². The van der Waals surface area contributed by atoms with E-state index < -0.39 is 0 Å². The monoisotopic (exact) mass is 327 g/mol. The third-order valence-electron chi connectivity index (χ3n) is 4.40. The normalized spacial score (nSPS) is 13.6. The molecule has 0 aliphatic carbocycles. The zero-order valence-electron chi connectivity index (χ0n) is 14.3. The summed E-state index contributed by atoms with van der Waals surface area (Å²) >= 11 is 1.74. The van der Waals surface area contributed by atoms with Gasteiger partial charge in [-0.3, -0.25) is 0 Å². The summed E-state index contributed by atoms with van der Waals surface area (Å²) in [4.78, 5) is 8.35. The van der Waals surface area contributed by atoms with Gasteiger partial charge in [-0.25, -0.2) is 4.98 Å². The molecule has 0 saturated carbocycles. The summed E-state index contributed by atoms with van der Waals surface area (Å²) in [7, 11) is 0. The van der Waals surface area contributed by atoms with Crippen LogP contribution in [0.3, 0.4) is 0 Å². The third kappa shape index (κ3) is 3.19. The molecule has 1 atom stereocenters. The van der Waals surface area contributed by atoms with Crippen LogP contribution in [0.2, 0.25) is 0 Å². The van der Waals surface area contributed by atoms with Gasteiger partial charge in [0.25, 0.3) is 0 Å². The van der Waals surface area contributed by atoms with Crippen molar-refractivity contribution in [2.75, 3.05) is 6.54 Å². The predicted molar refractivity (Wildman–Crippen MR) is 99.3 cm³/mol. The molecule has 3 N–H and O–H groups in total. The zero-order chi connectivity index (χ0) is 16.6. The quantitative estimate of drug-likeness (QED) is 0.740. The fourth-order valence-electron chi connectivity index (χ4n) is 2.94. The number of rotatable bonds is 4. The number of nitrogens with one attached hydrogen (secondary N) is 1. The van der Waals surface area contributed by atoms with Crippen LogP contribution in [0.1, 0.15) is 48.6 Å². The Balaban J connectivity index is 1.92. The van der Waals surface area contributed by atoms with E-state index in [0.717, 1.165) is 17.1 Å². The number of fused-ring (bicyclic) bond motifs is 1. The maximum absolute atomic E-state index is 6.09. The van der Waals surface area contributed by atoms with Crippen molar-refractivity contribution in [1.29, 1.82) is 0 Å². The molecule has 0 amide bonds. The molecular weight excluding hydrogens is 302 g/mol. The highest BCUT2D eigenvalue weighted by Gasteiger charge is 2.22. The first-order valence-corrected chi connectivity index (χ1v) is 9.00. The van der Waals surface area contributed by atoms with Gasteiger partial charge in [0, 0.05) is 39.9 Å². The Morgan fingerprint density at radius 2 is 2.00 bits per heavy atom. The SMILES string of the molecule is Cc1[nH]c2ccccc2c1CC(CN)c1nc(C(C)(C)C)cs1. The lowest BCUT2D eigenvalue weighted by Gasteiger charge is -2.16. The number of nitrogens with zero attached hydrogens (tertiary/aromatic N) is 1. The molecule has 1 unspecified atom stereocenters. The van der Waals surface area contributed by atoms with Crippen molar-refractivity contribution in [2.45, 2.75) is 45.4 Å². The van der Waals surface area contributed by atoms with Gasteiger partial charge in [-0.05, 0) is 25.0 Å². The number of thiazole rings is 1. The lowest BCUT2D eigenvalue weighted by atomic mass is 9.93. The first kappa shape index (κ1) is 16.2. The van der Waals surface area contributed by atoms with Gasteiger partial charge in [-0.1, -0.05) is 39.0 Å². The molecule has 2 heterocycles. The molecule has 0 bridgehead atoms. The largest absolute Gasteiger partial charge is 0.358 e. The van der Waals surface area contributed by atoms with Crippen LogP contribution in [-0.2, 0) is 11.8 Å². The molecule has 0 fully saturated rings. The minimum Gasteiger partial charge on any atom is -0.358 e. The first-order valence-electron chi connectivity index (χ1n) is 8.12. The van der Waals surface area contributed by atoms with Crippen LogP contribution in [0.5, 0.6) is 0 Å². The Bertz CT molecular complexity index is 807. The van der Waals surface area contributed by atoms with Gasteiger partial charge >= 0.3 is 0 Å². The highest BCUT2D eigenvalue weighted by Crippen LogP contribution is 2.32. The van der Waals surface area contributed by atoms with E-state index in [1.54, 1.807) is 11.3 Å². The summed E-state index contributed by atoms with van der Waals surface area (Å²) in [6.07, 6.45) is 0.934. The molecule has 3 aromatic rings. The lowest BCUT2D eigenvalue weighted by Crippen LogP contribution is -2.17. The van der Waals surface area contributed by atoms with E-state index in [-0.39, 0.29) is 11.3 Å². The molecule has 0 saturated heterocycles. The van der Waals surface area contributed by atoms with Crippen LogP contribution >= 0.6 is 11.3 Å². The van der Waals surface area contributed by atoms with Gasteiger partial charge in [-0.2, -0.15) is 0 Å². The second-order valence-electron chi connectivity index (χ2n) is 7.23. The number of hydrogen-bond acceptors (Lipinski definition) is 3. The number of hydrogen-bond donors (Lipinski definition) is 2. The number of aromatic amines is 1. The minimum atomic E-state index is 0.0879. The average molecular weight is 327 g/mol. The number of para-hydroxylation sites is 1. The molecule has 122 valence electrons. The summed E-state index contributed by atoms with van der Waals surface area (Å²) in [5.41, 5.74) is 11.1. The Labute approximate surface area is 141 Å². The minimum absolute atomic E-state index is 0.0879. The molecule has 2 aromatic heterocycles. The van der Waals surface area contributed by atoms with Crippen LogP contribution in [0, 0.1) is 6.92 Å². The summed E-state index contributed by atoms with van der Waals surface area (Å²) in [5, 5.41) is 4.64. The number of aryl methyl sites for hydroxylation is 1. The molecule has 4 heteroatoms. The highest BCUT2D eigenvalue weighted by molar-refractivity contribution is 7.09. The molecule has 0 aliphatic heterocycles. The zero-order valence-corrected chi connectivity index (χ0v) is 15.1. The molecule has 0 spiro atoms. The second kappa shape index (κ2) is 6.10. The van der Waals surface area contributed by atoms with Gasteiger partial charge in [0.1, 0.15) is 0 Å². The van der Waals surface area contributed by atoms with Gasteiger partial charge in [-0.15, -0.1) is 11.3 Å². The van der Waals surface area contributed by atoms with Crippen LogP contribution in [-0.4, -0.2) is 16.5 Å². The van der Waals surface area contributed by atoms with Gasteiger partial charge in [0.2, 0.25) is 0 Å². The first-order chi connectivity index (χ1) is 10.9. The maximum atomic E-state index is 6.09. The Kier molecular flexibility index (Phi) is 4.30. The number of nitrogens with two attached hydrogens (primary N) is 1. The van der Waals surface area contributed by atoms with Gasteiger partial charge in [0.15, 0.2) is 0 Å². The topological polar surface area (TPSA) is 54.7 Å². The van der Waals surface area contributed by atoms with Crippen molar-refractivity contribution in [2.24, 2.45) is 5.73 Å². The molecule has 3 rings (SSSR count). The molecule has 23 heavy (non-hydrogen) atoms. The number of aromatic nitrogens is 2. The van der Waals surface area contributed by atoms with Gasteiger partial charge < -0.3 is 10.7 Å². The molecular formula is C19H25N3S. The summed E-state index contributed by atoms with van der Waals surface area (Å²) < 4.78 is 0.